The van der Waals surface area contributed by atoms with Gasteiger partial charge in [-0.1, -0.05) is 0 Å². The quantitative estimate of drug-likeness (QED) is 0.857. The number of carboxylic acids is 1. The van der Waals surface area contributed by atoms with Gasteiger partial charge in [0.05, 0.1) is 0 Å². The van der Waals surface area contributed by atoms with Crippen LogP contribution in [0.1, 0.15) is 15.9 Å². The van der Waals surface area contributed by atoms with Gasteiger partial charge < -0.3 is 0 Å². The molecule has 2 nitrogen and oxygen atoms in total. The van der Waals surface area contributed by atoms with E-state index in [9.17, 15) is 4.79 Å². The minimum atomic E-state index is -0.835. The Labute approximate surface area is 110 Å². The summed E-state index contributed by atoms with van der Waals surface area (Å²) in [4.78, 5) is 11.1. The molecule has 0 unspecified atom stereocenters. The standard InChI is InChI=1S/C14H12O2Te/c1-10-6-8-11(9-7-10)17-13-5-3-2-4-12(13)14(15)16/h2-9H,1H3,(H,15,16). The van der Waals surface area contributed by atoms with Crippen molar-refractivity contribution in [1.29, 1.82) is 0 Å². The summed E-state index contributed by atoms with van der Waals surface area (Å²) in [5.74, 6) is -0.835. The molecule has 0 atom stereocenters. The van der Waals surface area contributed by atoms with Gasteiger partial charge in [-0.2, -0.15) is 0 Å². The monoisotopic (exact) mass is 342 g/mol. The van der Waals surface area contributed by atoms with Gasteiger partial charge in [-0.25, -0.2) is 0 Å². The number of aromatic carboxylic acids is 1. The fraction of sp³-hybridized carbons (Fsp3) is 0.0714. The van der Waals surface area contributed by atoms with E-state index in [1.165, 1.54) is 9.17 Å². The Morgan fingerprint density at radius 1 is 1.06 bits per heavy atom. The fourth-order valence-corrected chi connectivity index (χ4v) is 4.14. The van der Waals surface area contributed by atoms with Crippen molar-refractivity contribution in [1.82, 2.24) is 0 Å². The topological polar surface area (TPSA) is 37.3 Å². The molecule has 0 heterocycles. The van der Waals surface area contributed by atoms with Crippen molar-refractivity contribution in [3.8, 4) is 0 Å². The molecule has 86 valence electrons. The van der Waals surface area contributed by atoms with Gasteiger partial charge in [-0.15, -0.1) is 0 Å². The average Bonchev–Trinajstić information content (AvgIpc) is 2.32. The third-order valence-electron chi connectivity index (χ3n) is 2.37. The van der Waals surface area contributed by atoms with Crippen molar-refractivity contribution >= 4 is 34.1 Å². The molecule has 0 aliphatic heterocycles. The predicted molar refractivity (Wildman–Crippen MR) is 69.6 cm³/mol. The number of benzene rings is 2. The SMILES string of the molecule is Cc1ccc([Te]c2ccccc2C(=O)O)cc1. The normalized spacial score (nSPS) is 10.2. The van der Waals surface area contributed by atoms with E-state index in [1.807, 2.05) is 12.1 Å². The van der Waals surface area contributed by atoms with Gasteiger partial charge in [-0.3, -0.25) is 0 Å². The second kappa shape index (κ2) is 5.35. The fourth-order valence-electron chi connectivity index (χ4n) is 1.47. The summed E-state index contributed by atoms with van der Waals surface area (Å²) in [6.45, 7) is 2.05. The van der Waals surface area contributed by atoms with Gasteiger partial charge >= 0.3 is 111 Å². The predicted octanol–water partition coefficient (Wildman–Crippen LogP) is 1.35. The first-order valence-electron chi connectivity index (χ1n) is 5.23. The van der Waals surface area contributed by atoms with Crippen LogP contribution in [0.2, 0.25) is 0 Å². The van der Waals surface area contributed by atoms with E-state index in [4.69, 9.17) is 5.11 Å². The zero-order chi connectivity index (χ0) is 12.3. The Morgan fingerprint density at radius 3 is 2.35 bits per heavy atom. The van der Waals surface area contributed by atoms with Gasteiger partial charge in [0, 0.05) is 0 Å². The van der Waals surface area contributed by atoms with Crippen LogP contribution in [-0.4, -0.2) is 32.0 Å². The van der Waals surface area contributed by atoms with Crippen molar-refractivity contribution in [3.05, 3.63) is 59.7 Å². The van der Waals surface area contributed by atoms with E-state index in [2.05, 4.69) is 31.2 Å². The van der Waals surface area contributed by atoms with Crippen molar-refractivity contribution in [2.45, 2.75) is 6.92 Å². The number of hydrogen-bond acceptors (Lipinski definition) is 1. The summed E-state index contributed by atoms with van der Waals surface area (Å²) >= 11 is -0.616. The van der Waals surface area contributed by atoms with Crippen LogP contribution in [0, 0.1) is 6.92 Å². The molecule has 0 aliphatic rings. The van der Waals surface area contributed by atoms with Crippen molar-refractivity contribution in [3.63, 3.8) is 0 Å². The molecule has 2 aromatic carbocycles. The summed E-state index contributed by atoms with van der Waals surface area (Å²) < 4.78 is 2.24. The van der Waals surface area contributed by atoms with Gasteiger partial charge in [0.2, 0.25) is 0 Å². The van der Waals surface area contributed by atoms with Crippen molar-refractivity contribution < 1.29 is 9.90 Å². The number of rotatable bonds is 3. The van der Waals surface area contributed by atoms with Crippen LogP contribution in [-0.2, 0) is 0 Å². The summed E-state index contributed by atoms with van der Waals surface area (Å²) in [7, 11) is 0. The van der Waals surface area contributed by atoms with Gasteiger partial charge in [0.15, 0.2) is 0 Å². The van der Waals surface area contributed by atoms with E-state index in [0.717, 1.165) is 3.61 Å². The molecule has 0 aliphatic carbocycles. The maximum atomic E-state index is 11.1. The summed E-state index contributed by atoms with van der Waals surface area (Å²) in [5, 5.41) is 9.11. The van der Waals surface area contributed by atoms with E-state index in [-0.39, 0.29) is 0 Å². The summed E-state index contributed by atoms with van der Waals surface area (Å²) in [6, 6.07) is 15.6. The first-order chi connectivity index (χ1) is 8.16. The second-order valence-corrected chi connectivity index (χ2v) is 6.90. The molecule has 2 aromatic rings. The Balaban J connectivity index is 2.30. The number of hydrogen-bond donors (Lipinski definition) is 1. The van der Waals surface area contributed by atoms with Gasteiger partial charge in [0.1, 0.15) is 0 Å². The molecule has 2 rings (SSSR count). The number of carboxylic acid groups (broad SMARTS) is 1. The van der Waals surface area contributed by atoms with E-state index in [0.29, 0.717) is 5.56 Å². The number of aryl methyl sites for hydroxylation is 1. The van der Waals surface area contributed by atoms with Gasteiger partial charge in [-0.05, 0) is 0 Å². The van der Waals surface area contributed by atoms with Crippen LogP contribution in [0.3, 0.4) is 0 Å². The Bertz CT molecular complexity index is 532. The molecule has 0 bridgehead atoms. The zero-order valence-corrected chi connectivity index (χ0v) is 11.7. The first kappa shape index (κ1) is 12.2. The van der Waals surface area contributed by atoms with Crippen molar-refractivity contribution in [2.75, 3.05) is 0 Å². The van der Waals surface area contributed by atoms with E-state index < -0.39 is 26.9 Å². The van der Waals surface area contributed by atoms with Crippen LogP contribution in [0.5, 0.6) is 0 Å². The molecule has 0 aromatic heterocycles. The Morgan fingerprint density at radius 2 is 1.71 bits per heavy atom. The van der Waals surface area contributed by atoms with Gasteiger partial charge in [0.25, 0.3) is 0 Å². The molecule has 17 heavy (non-hydrogen) atoms. The van der Waals surface area contributed by atoms with E-state index >= 15 is 0 Å². The molecular weight excluding hydrogens is 328 g/mol. The second-order valence-electron chi connectivity index (χ2n) is 3.72. The number of carbonyl (C=O) groups is 1. The van der Waals surface area contributed by atoms with Crippen LogP contribution < -0.4 is 7.22 Å². The molecule has 1 N–H and O–H groups in total. The molecule has 0 amide bonds. The first-order valence-corrected chi connectivity index (χ1v) is 7.57. The molecule has 3 heteroatoms. The molecule has 0 saturated carbocycles. The Hall–Kier alpha value is -1.30. The van der Waals surface area contributed by atoms with Crippen molar-refractivity contribution in [2.24, 2.45) is 0 Å². The maximum absolute atomic E-state index is 11.1. The van der Waals surface area contributed by atoms with E-state index in [1.54, 1.807) is 12.1 Å². The summed E-state index contributed by atoms with van der Waals surface area (Å²) in [5.41, 5.74) is 1.67. The molecule has 0 saturated heterocycles. The zero-order valence-electron chi connectivity index (χ0n) is 9.38. The third-order valence-corrected chi connectivity index (χ3v) is 5.46. The van der Waals surface area contributed by atoms with Crippen LogP contribution in [0.25, 0.3) is 0 Å². The molecular formula is C14H12O2Te. The molecule has 0 radical (unpaired) electrons. The summed E-state index contributed by atoms with van der Waals surface area (Å²) in [6.07, 6.45) is 0. The van der Waals surface area contributed by atoms with Crippen LogP contribution in [0.15, 0.2) is 48.5 Å². The third kappa shape index (κ3) is 3.09. The molecule has 0 spiro atoms. The average molecular weight is 340 g/mol. The Kier molecular flexibility index (Phi) is 3.83. The minimum absolute atomic E-state index is 0.440. The van der Waals surface area contributed by atoms with Crippen LogP contribution in [0.4, 0.5) is 0 Å². The molecule has 0 fully saturated rings. The van der Waals surface area contributed by atoms with Crippen LogP contribution >= 0.6 is 0 Å².